The molecule has 166 valence electrons. The number of hydrogen-bond acceptors (Lipinski definition) is 4. The first-order valence-corrected chi connectivity index (χ1v) is 14.1. The molecule has 0 unspecified atom stereocenters. The number of unbranched alkanes of at least 4 members (excludes halogenated alkanes) is 2. The van der Waals surface area contributed by atoms with E-state index in [-0.39, 0.29) is 6.61 Å². The molecule has 3 rings (SSSR count). The Kier molecular flexibility index (Phi) is 7.07. The van der Waals surface area contributed by atoms with Gasteiger partial charge in [-0.15, -0.1) is 0 Å². The minimum absolute atomic E-state index is 0.261. The van der Waals surface area contributed by atoms with Crippen molar-refractivity contribution in [3.63, 3.8) is 0 Å². The highest BCUT2D eigenvalue weighted by Crippen LogP contribution is 2.29. The molecule has 2 aromatic carbocycles. The molecule has 1 aliphatic rings. The van der Waals surface area contributed by atoms with Gasteiger partial charge in [0.1, 0.15) is 8.07 Å². The maximum Gasteiger partial charge on any atom is 0.114 e. The van der Waals surface area contributed by atoms with E-state index in [1.165, 1.54) is 38.4 Å². The van der Waals surface area contributed by atoms with Crippen molar-refractivity contribution < 1.29 is 5.11 Å². The minimum atomic E-state index is -1.94. The van der Waals surface area contributed by atoms with E-state index in [0.717, 1.165) is 25.0 Å². The van der Waals surface area contributed by atoms with Crippen LogP contribution in [0.1, 0.15) is 36.0 Å². The van der Waals surface area contributed by atoms with Crippen molar-refractivity contribution in [3.8, 4) is 0 Å². The van der Waals surface area contributed by atoms with Crippen LogP contribution < -0.4 is 20.2 Å². The summed E-state index contributed by atoms with van der Waals surface area (Å²) in [7, 11) is 8.41. The average molecular weight is 436 g/mol. The fourth-order valence-corrected chi connectivity index (χ4v) is 7.50. The van der Waals surface area contributed by atoms with Gasteiger partial charge in [0.05, 0.1) is 5.71 Å². The number of benzene rings is 2. The molecule has 0 aromatic heterocycles. The van der Waals surface area contributed by atoms with Gasteiger partial charge >= 0.3 is 0 Å². The summed E-state index contributed by atoms with van der Waals surface area (Å²) in [5, 5.41) is 12.0. The summed E-state index contributed by atoms with van der Waals surface area (Å²) in [5.74, 6) is 0. The Balaban J connectivity index is 2.23. The van der Waals surface area contributed by atoms with Gasteiger partial charge in [-0.05, 0) is 59.5 Å². The number of allylic oxidation sites excluding steroid dienone is 1. The predicted octanol–water partition coefficient (Wildman–Crippen LogP) is 3.60. The maximum atomic E-state index is 9.07. The molecule has 31 heavy (non-hydrogen) atoms. The van der Waals surface area contributed by atoms with E-state index in [2.05, 4.69) is 93.6 Å². The number of anilines is 2. The summed E-state index contributed by atoms with van der Waals surface area (Å²) >= 11 is 0. The largest absolute Gasteiger partial charge is 0.396 e. The zero-order valence-electron chi connectivity index (χ0n) is 20.2. The summed E-state index contributed by atoms with van der Waals surface area (Å²) in [4.78, 5) is 9.19. The Hall–Kier alpha value is -2.37. The fourth-order valence-electron chi connectivity index (χ4n) is 4.43. The van der Waals surface area contributed by atoms with E-state index in [9.17, 15) is 0 Å². The Morgan fingerprint density at radius 3 is 2.23 bits per heavy atom. The number of aliphatic hydroxyl groups is 1. The van der Waals surface area contributed by atoms with E-state index >= 15 is 0 Å². The monoisotopic (exact) mass is 435 g/mol. The predicted molar refractivity (Wildman–Crippen MR) is 140 cm³/mol. The van der Waals surface area contributed by atoms with Crippen LogP contribution in [0.4, 0.5) is 11.4 Å². The molecule has 5 heteroatoms. The van der Waals surface area contributed by atoms with Crippen molar-refractivity contribution >= 4 is 41.6 Å². The molecule has 0 amide bonds. The van der Waals surface area contributed by atoms with E-state index < -0.39 is 8.07 Å². The quantitative estimate of drug-likeness (QED) is 0.534. The van der Waals surface area contributed by atoms with Gasteiger partial charge in [0, 0.05) is 64.3 Å². The van der Waals surface area contributed by atoms with Crippen LogP contribution in [0.15, 0.2) is 41.4 Å². The van der Waals surface area contributed by atoms with Crippen molar-refractivity contribution in [2.75, 3.05) is 51.6 Å². The van der Waals surface area contributed by atoms with Crippen molar-refractivity contribution in [1.82, 2.24) is 0 Å². The summed E-state index contributed by atoms with van der Waals surface area (Å²) in [5.41, 5.74) is 7.40. The standard InChI is InChI=1S/C26H37N3OSi/c1-27-26-22-14-13-20(28(2)3)17-23(22)31(6,7)24-18-21(29(4)5)16-19(25(24)26)12-10-8-9-11-15-30/h10,12-14,16-18,30H,8-9,11,15H2,1-7H3/b12-10+,27-26?. The Morgan fingerprint density at radius 2 is 1.61 bits per heavy atom. The minimum Gasteiger partial charge on any atom is -0.396 e. The number of nitrogens with zero attached hydrogens (tertiary/aromatic N) is 3. The molecule has 0 saturated carbocycles. The molecule has 0 fully saturated rings. The van der Waals surface area contributed by atoms with Crippen molar-refractivity contribution in [2.24, 2.45) is 4.99 Å². The second kappa shape index (κ2) is 9.41. The SMILES string of the molecule is CN=C1c2ccc(N(C)C)cc2[Si](C)(C)c2cc(N(C)C)cc(/C=C/CCCCO)c21. The zero-order valence-corrected chi connectivity index (χ0v) is 21.2. The van der Waals surface area contributed by atoms with Crippen molar-refractivity contribution in [3.05, 3.63) is 53.1 Å². The second-order valence-electron chi connectivity index (χ2n) is 9.30. The highest BCUT2D eigenvalue weighted by atomic mass is 28.3. The topological polar surface area (TPSA) is 39.1 Å². The fraction of sp³-hybridized carbons (Fsp3) is 0.423. The number of aliphatic hydroxyl groups excluding tert-OH is 1. The molecular weight excluding hydrogens is 398 g/mol. The van der Waals surface area contributed by atoms with Gasteiger partial charge in [-0.25, -0.2) is 0 Å². The smallest absolute Gasteiger partial charge is 0.114 e. The molecule has 0 radical (unpaired) electrons. The van der Waals surface area contributed by atoms with Gasteiger partial charge in [-0.2, -0.15) is 0 Å². The molecule has 0 bridgehead atoms. The number of hydrogen-bond donors (Lipinski definition) is 1. The van der Waals surface area contributed by atoms with Crippen LogP contribution in [0, 0.1) is 0 Å². The first-order valence-electron chi connectivity index (χ1n) is 11.1. The van der Waals surface area contributed by atoms with Crippen LogP contribution in [0.25, 0.3) is 6.08 Å². The number of aliphatic imine (C=N–C) groups is 1. The summed E-state index contributed by atoms with van der Waals surface area (Å²) in [6.07, 6.45) is 7.34. The summed E-state index contributed by atoms with van der Waals surface area (Å²) < 4.78 is 0. The van der Waals surface area contributed by atoms with E-state index in [1.54, 1.807) is 0 Å². The Morgan fingerprint density at radius 1 is 0.935 bits per heavy atom. The van der Waals surface area contributed by atoms with Gasteiger partial charge in [0.25, 0.3) is 0 Å². The Labute approximate surface area is 188 Å². The third-order valence-corrected chi connectivity index (χ3v) is 9.83. The first-order chi connectivity index (χ1) is 14.7. The molecule has 1 aliphatic heterocycles. The molecule has 0 aliphatic carbocycles. The third-order valence-electron chi connectivity index (χ3n) is 6.33. The third kappa shape index (κ3) is 4.48. The lowest BCUT2D eigenvalue weighted by Gasteiger charge is -2.37. The van der Waals surface area contributed by atoms with E-state index in [1.807, 2.05) is 7.05 Å². The van der Waals surface area contributed by atoms with Crippen molar-refractivity contribution in [1.29, 1.82) is 0 Å². The molecule has 0 atom stereocenters. The average Bonchev–Trinajstić information content (AvgIpc) is 2.73. The van der Waals surface area contributed by atoms with Gasteiger partial charge in [0.2, 0.25) is 0 Å². The summed E-state index contributed by atoms with van der Waals surface area (Å²) in [6, 6.07) is 11.5. The van der Waals surface area contributed by atoms with Crippen LogP contribution >= 0.6 is 0 Å². The van der Waals surface area contributed by atoms with Gasteiger partial charge < -0.3 is 14.9 Å². The maximum absolute atomic E-state index is 9.07. The molecular formula is C26H37N3OSi. The summed E-state index contributed by atoms with van der Waals surface area (Å²) in [6.45, 7) is 5.19. The van der Waals surface area contributed by atoms with Crippen LogP contribution in [-0.2, 0) is 0 Å². The highest BCUT2D eigenvalue weighted by molar-refractivity contribution is 7.02. The molecule has 0 saturated heterocycles. The van der Waals surface area contributed by atoms with Gasteiger partial charge in [0.15, 0.2) is 0 Å². The molecule has 4 nitrogen and oxygen atoms in total. The number of rotatable bonds is 7. The van der Waals surface area contributed by atoms with Crippen LogP contribution in [-0.4, -0.2) is 60.7 Å². The van der Waals surface area contributed by atoms with E-state index in [4.69, 9.17) is 10.1 Å². The van der Waals surface area contributed by atoms with Gasteiger partial charge in [-0.1, -0.05) is 31.3 Å². The first kappa shape index (κ1) is 23.3. The molecule has 0 spiro atoms. The normalized spacial score (nSPS) is 15.8. The second-order valence-corrected chi connectivity index (χ2v) is 13.6. The molecule has 1 heterocycles. The van der Waals surface area contributed by atoms with Crippen LogP contribution in [0.2, 0.25) is 13.1 Å². The highest BCUT2D eigenvalue weighted by Gasteiger charge is 2.39. The zero-order chi connectivity index (χ0) is 22.8. The van der Waals surface area contributed by atoms with Crippen LogP contribution in [0.3, 0.4) is 0 Å². The van der Waals surface area contributed by atoms with E-state index in [0.29, 0.717) is 0 Å². The lowest BCUT2D eigenvalue weighted by atomic mass is 9.94. The van der Waals surface area contributed by atoms with Crippen LogP contribution in [0.5, 0.6) is 0 Å². The van der Waals surface area contributed by atoms with Crippen molar-refractivity contribution in [2.45, 2.75) is 32.4 Å². The van der Waals surface area contributed by atoms with Gasteiger partial charge in [-0.3, -0.25) is 4.99 Å². The molecule has 1 N–H and O–H groups in total. The number of fused-ring (bicyclic) bond motifs is 2. The lowest BCUT2D eigenvalue weighted by Crippen LogP contribution is -2.60. The Bertz CT molecular complexity index is 1010. The molecule has 2 aromatic rings. The lowest BCUT2D eigenvalue weighted by molar-refractivity contribution is 0.285.